The fourth-order valence-corrected chi connectivity index (χ4v) is 2.44. The van der Waals surface area contributed by atoms with Gasteiger partial charge >= 0.3 is 0 Å². The summed E-state index contributed by atoms with van der Waals surface area (Å²) in [6.45, 7) is 0. The number of halogens is 1. The van der Waals surface area contributed by atoms with E-state index in [1.54, 1.807) is 0 Å². The maximum Gasteiger partial charge on any atom is 0.286 e. The summed E-state index contributed by atoms with van der Waals surface area (Å²) in [4.78, 5) is 38.1. The lowest BCUT2D eigenvalue weighted by atomic mass is 10.0. The minimum Gasteiger partial charge on any atom is -0.350 e. The number of ketones is 1. The van der Waals surface area contributed by atoms with Gasteiger partial charge in [-0.25, -0.2) is 4.39 Å². The standard InChI is InChI=1S/C16H14FN3O3/c17-9-4-5-13-12(6-9)15(22)8-14(18-13)16(23)20-19-10-2-1-3-11(21)7-10/h4-8,19H,1-3H2,(H,18,22)(H,20,23). The zero-order chi connectivity index (χ0) is 16.4. The zero-order valence-corrected chi connectivity index (χ0v) is 12.1. The van der Waals surface area contributed by atoms with Crippen LogP contribution in [0.2, 0.25) is 0 Å². The van der Waals surface area contributed by atoms with E-state index in [-0.39, 0.29) is 16.9 Å². The van der Waals surface area contributed by atoms with Crippen LogP contribution in [0.4, 0.5) is 4.39 Å². The van der Waals surface area contributed by atoms with Crippen molar-refractivity contribution in [1.29, 1.82) is 0 Å². The van der Waals surface area contributed by atoms with Crippen molar-refractivity contribution in [3.05, 3.63) is 57.8 Å². The van der Waals surface area contributed by atoms with E-state index in [0.717, 1.165) is 18.6 Å². The molecular formula is C16H14FN3O3. The Bertz CT molecular complexity index is 886. The van der Waals surface area contributed by atoms with Crippen molar-refractivity contribution in [3.63, 3.8) is 0 Å². The predicted octanol–water partition coefficient (Wildman–Crippen LogP) is 1.54. The van der Waals surface area contributed by atoms with Crippen LogP contribution in [0.3, 0.4) is 0 Å². The molecule has 3 rings (SSSR count). The number of amides is 1. The first-order valence-corrected chi connectivity index (χ1v) is 7.15. The van der Waals surface area contributed by atoms with Crippen molar-refractivity contribution in [2.75, 3.05) is 0 Å². The summed E-state index contributed by atoms with van der Waals surface area (Å²) in [5.41, 5.74) is 5.72. The molecule has 0 saturated heterocycles. The quantitative estimate of drug-likeness (QED) is 0.749. The summed E-state index contributed by atoms with van der Waals surface area (Å²) in [5, 5.41) is 0.176. The number of benzene rings is 1. The highest BCUT2D eigenvalue weighted by Gasteiger charge is 2.13. The van der Waals surface area contributed by atoms with Gasteiger partial charge in [0.2, 0.25) is 0 Å². The Morgan fingerprint density at radius 1 is 1.17 bits per heavy atom. The molecule has 1 aliphatic carbocycles. The van der Waals surface area contributed by atoms with Crippen LogP contribution in [0.5, 0.6) is 0 Å². The molecule has 0 bridgehead atoms. The lowest BCUT2D eigenvalue weighted by molar-refractivity contribution is -0.115. The molecule has 3 N–H and O–H groups in total. The highest BCUT2D eigenvalue weighted by molar-refractivity contribution is 5.95. The SMILES string of the molecule is O=C1C=C(NNC(=O)c2cc(=O)c3cc(F)ccc3[nH]2)CCC1. The maximum atomic E-state index is 13.2. The monoisotopic (exact) mass is 315 g/mol. The number of hydrazine groups is 1. The summed E-state index contributed by atoms with van der Waals surface area (Å²) in [6.07, 6.45) is 3.36. The minimum atomic E-state index is -0.549. The molecule has 2 aromatic rings. The molecule has 23 heavy (non-hydrogen) atoms. The van der Waals surface area contributed by atoms with Gasteiger partial charge in [0.15, 0.2) is 11.2 Å². The number of carbonyl (C=O) groups is 2. The number of rotatable bonds is 3. The van der Waals surface area contributed by atoms with E-state index >= 15 is 0 Å². The zero-order valence-electron chi connectivity index (χ0n) is 12.1. The topological polar surface area (TPSA) is 91.1 Å². The number of hydrogen-bond donors (Lipinski definition) is 3. The second kappa shape index (κ2) is 6.04. The molecule has 0 unspecified atom stereocenters. The number of pyridine rings is 1. The summed E-state index contributed by atoms with van der Waals surface area (Å²) >= 11 is 0. The number of aromatic amines is 1. The van der Waals surface area contributed by atoms with Crippen LogP contribution in [0.1, 0.15) is 29.8 Å². The van der Waals surface area contributed by atoms with Crippen LogP contribution in [0.25, 0.3) is 10.9 Å². The average molecular weight is 315 g/mol. The molecule has 0 spiro atoms. The van der Waals surface area contributed by atoms with Gasteiger partial charge in [0.05, 0.1) is 5.52 Å². The van der Waals surface area contributed by atoms with E-state index in [4.69, 9.17) is 0 Å². The molecule has 1 amide bonds. The van der Waals surface area contributed by atoms with Crippen LogP contribution in [0, 0.1) is 5.82 Å². The number of H-pyrrole nitrogens is 1. The Hall–Kier alpha value is -2.96. The number of hydrogen-bond acceptors (Lipinski definition) is 4. The number of aromatic nitrogens is 1. The first kappa shape index (κ1) is 15.0. The first-order valence-electron chi connectivity index (χ1n) is 7.15. The minimum absolute atomic E-state index is 0.00846. The van der Waals surface area contributed by atoms with Gasteiger partial charge in [0, 0.05) is 29.6 Å². The molecule has 1 heterocycles. The molecule has 1 aromatic heterocycles. The number of nitrogens with one attached hydrogen (secondary N) is 3. The third-order valence-electron chi connectivity index (χ3n) is 3.58. The van der Waals surface area contributed by atoms with E-state index in [2.05, 4.69) is 15.8 Å². The van der Waals surface area contributed by atoms with Gasteiger partial charge in [-0.1, -0.05) is 0 Å². The van der Waals surface area contributed by atoms with Crippen LogP contribution in [-0.4, -0.2) is 16.7 Å². The molecule has 6 nitrogen and oxygen atoms in total. The van der Waals surface area contributed by atoms with Gasteiger partial charge in [0.1, 0.15) is 11.5 Å². The second-order valence-corrected chi connectivity index (χ2v) is 5.31. The Kier molecular flexibility index (Phi) is 3.92. The van der Waals surface area contributed by atoms with Gasteiger partial charge in [-0.15, -0.1) is 0 Å². The second-order valence-electron chi connectivity index (χ2n) is 5.31. The van der Waals surface area contributed by atoms with Crippen molar-refractivity contribution >= 4 is 22.6 Å². The van der Waals surface area contributed by atoms with Crippen LogP contribution in [0.15, 0.2) is 40.8 Å². The van der Waals surface area contributed by atoms with Crippen molar-refractivity contribution in [3.8, 4) is 0 Å². The van der Waals surface area contributed by atoms with Crippen molar-refractivity contribution in [2.24, 2.45) is 0 Å². The van der Waals surface area contributed by atoms with Gasteiger partial charge in [0.25, 0.3) is 5.91 Å². The molecule has 118 valence electrons. The van der Waals surface area contributed by atoms with Crippen LogP contribution in [-0.2, 0) is 4.79 Å². The molecule has 1 aliphatic rings. The van der Waals surface area contributed by atoms with Crippen molar-refractivity contribution < 1.29 is 14.0 Å². The van der Waals surface area contributed by atoms with Crippen molar-refractivity contribution in [1.82, 2.24) is 15.8 Å². The number of allylic oxidation sites excluding steroid dienone is 2. The third kappa shape index (κ3) is 3.28. The lowest BCUT2D eigenvalue weighted by Gasteiger charge is -2.15. The molecule has 1 aromatic carbocycles. The van der Waals surface area contributed by atoms with Crippen molar-refractivity contribution in [2.45, 2.75) is 19.3 Å². The average Bonchev–Trinajstić information content (AvgIpc) is 2.53. The molecule has 0 fully saturated rings. The largest absolute Gasteiger partial charge is 0.350 e. The maximum absolute atomic E-state index is 13.2. The summed E-state index contributed by atoms with van der Waals surface area (Å²) in [6, 6.07) is 4.83. The lowest BCUT2D eigenvalue weighted by Crippen LogP contribution is -2.38. The summed E-state index contributed by atoms with van der Waals surface area (Å²) in [7, 11) is 0. The third-order valence-corrected chi connectivity index (χ3v) is 3.58. The van der Waals surface area contributed by atoms with Gasteiger partial charge in [-0.05, 0) is 31.0 Å². The Balaban J connectivity index is 1.80. The summed E-state index contributed by atoms with van der Waals surface area (Å²) < 4.78 is 13.2. The molecule has 7 heteroatoms. The molecular weight excluding hydrogens is 301 g/mol. The van der Waals surface area contributed by atoms with Gasteiger partial charge in [-0.3, -0.25) is 19.8 Å². The molecule has 0 saturated carbocycles. The molecule has 0 atom stereocenters. The van der Waals surface area contributed by atoms with Gasteiger partial charge < -0.3 is 10.4 Å². The Labute approximate surface area is 130 Å². The molecule has 0 aliphatic heterocycles. The Morgan fingerprint density at radius 3 is 2.78 bits per heavy atom. The highest BCUT2D eigenvalue weighted by Crippen LogP contribution is 2.12. The fourth-order valence-electron chi connectivity index (χ4n) is 2.44. The van der Waals surface area contributed by atoms with Crippen LogP contribution >= 0.6 is 0 Å². The van der Waals surface area contributed by atoms with E-state index in [9.17, 15) is 18.8 Å². The van der Waals surface area contributed by atoms with E-state index in [1.807, 2.05) is 0 Å². The smallest absolute Gasteiger partial charge is 0.286 e. The molecule has 0 radical (unpaired) electrons. The predicted molar refractivity (Wildman–Crippen MR) is 82.1 cm³/mol. The van der Waals surface area contributed by atoms with E-state index in [0.29, 0.717) is 24.1 Å². The van der Waals surface area contributed by atoms with Gasteiger partial charge in [-0.2, -0.15) is 0 Å². The first-order chi connectivity index (χ1) is 11.0. The Morgan fingerprint density at radius 2 is 2.00 bits per heavy atom. The highest BCUT2D eigenvalue weighted by atomic mass is 19.1. The fraction of sp³-hybridized carbons (Fsp3) is 0.188. The normalized spacial score (nSPS) is 14.5. The van der Waals surface area contributed by atoms with E-state index < -0.39 is 17.2 Å². The number of carbonyl (C=O) groups excluding carboxylic acids is 2. The summed E-state index contributed by atoms with van der Waals surface area (Å²) in [5.74, 6) is -1.06. The van der Waals surface area contributed by atoms with E-state index in [1.165, 1.54) is 18.2 Å². The van der Waals surface area contributed by atoms with Crippen LogP contribution < -0.4 is 16.3 Å². The number of fused-ring (bicyclic) bond motifs is 1.